The van der Waals surface area contributed by atoms with Crippen LogP contribution in [0.4, 0.5) is 22.0 Å². The van der Waals surface area contributed by atoms with Crippen LogP contribution >= 0.6 is 0 Å². The second kappa shape index (κ2) is 7.13. The summed E-state index contributed by atoms with van der Waals surface area (Å²) in [4.78, 5) is 31.5. The molecule has 0 atom stereocenters. The summed E-state index contributed by atoms with van der Waals surface area (Å²) in [6.07, 6.45) is -0.311. The van der Waals surface area contributed by atoms with Crippen molar-refractivity contribution in [2.24, 2.45) is 0 Å². The third-order valence-corrected chi connectivity index (χ3v) is 5.98. The molecule has 33 heavy (non-hydrogen) atoms. The van der Waals surface area contributed by atoms with Crippen LogP contribution in [0.3, 0.4) is 0 Å². The van der Waals surface area contributed by atoms with Crippen LogP contribution in [0, 0.1) is 5.82 Å². The number of carbonyl (C=O) groups excluding carboxylic acids is 1. The molecule has 6 nitrogen and oxygen atoms in total. The fourth-order valence-corrected chi connectivity index (χ4v) is 4.17. The molecule has 1 saturated heterocycles. The van der Waals surface area contributed by atoms with Crippen LogP contribution < -0.4 is 5.56 Å². The van der Waals surface area contributed by atoms with Gasteiger partial charge in [0.2, 0.25) is 5.91 Å². The van der Waals surface area contributed by atoms with Gasteiger partial charge in [-0.15, -0.1) is 0 Å². The largest absolute Gasteiger partial charge is 0.419 e. The Hall–Kier alpha value is -3.24. The maximum absolute atomic E-state index is 13.8. The highest BCUT2D eigenvalue weighted by atomic mass is 19.4. The molecule has 0 radical (unpaired) electrons. The van der Waals surface area contributed by atoms with Crippen molar-refractivity contribution in [3.63, 3.8) is 0 Å². The predicted octanol–water partition coefficient (Wildman–Crippen LogP) is 3.77. The molecule has 2 fully saturated rings. The van der Waals surface area contributed by atoms with E-state index in [9.17, 15) is 31.5 Å². The monoisotopic (exact) mass is 466 g/mol. The summed E-state index contributed by atoms with van der Waals surface area (Å²) in [7, 11) is 0. The Kier molecular flexibility index (Phi) is 4.67. The number of amides is 1. The minimum atomic E-state index is -4.91. The van der Waals surface area contributed by atoms with Gasteiger partial charge in [-0.05, 0) is 38.0 Å². The molecule has 1 aliphatic heterocycles. The number of halogens is 5. The molecule has 1 saturated carbocycles. The second-order valence-corrected chi connectivity index (χ2v) is 8.90. The maximum atomic E-state index is 13.8. The number of aromatic nitrogens is 3. The van der Waals surface area contributed by atoms with E-state index >= 15 is 0 Å². The van der Waals surface area contributed by atoms with Gasteiger partial charge < -0.3 is 9.47 Å². The fourth-order valence-electron chi connectivity index (χ4n) is 4.17. The maximum Gasteiger partial charge on any atom is 0.419 e. The average Bonchev–Trinajstić information content (AvgIpc) is 3.48. The average molecular weight is 466 g/mol. The number of benzene rings is 1. The molecular weight excluding hydrogens is 447 g/mol. The summed E-state index contributed by atoms with van der Waals surface area (Å²) in [5.41, 5.74) is -3.58. The van der Waals surface area contributed by atoms with E-state index in [4.69, 9.17) is 0 Å². The van der Waals surface area contributed by atoms with Gasteiger partial charge in [0.1, 0.15) is 35.1 Å². The first-order valence-corrected chi connectivity index (χ1v) is 10.4. The van der Waals surface area contributed by atoms with E-state index in [2.05, 4.69) is 4.98 Å². The Morgan fingerprint density at radius 2 is 1.91 bits per heavy atom. The zero-order valence-electron chi connectivity index (χ0n) is 17.5. The molecule has 174 valence electrons. The van der Waals surface area contributed by atoms with Crippen LogP contribution in [-0.4, -0.2) is 43.5 Å². The van der Waals surface area contributed by atoms with Gasteiger partial charge in [-0.1, -0.05) is 0 Å². The third kappa shape index (κ3) is 3.79. The summed E-state index contributed by atoms with van der Waals surface area (Å²) in [6, 6.07) is 2.48. The minimum Gasteiger partial charge on any atom is -0.335 e. The highest BCUT2D eigenvalue weighted by molar-refractivity contribution is 5.79. The number of rotatable bonds is 4. The number of alkyl halides is 4. The normalized spacial score (nSPS) is 17.9. The first kappa shape index (κ1) is 21.6. The van der Waals surface area contributed by atoms with Crippen LogP contribution in [0.15, 0.2) is 35.4 Å². The number of carbonyl (C=O) groups is 1. The fraction of sp³-hybridized carbons (Fsp3) is 0.409. The molecule has 3 aromatic rings. The molecular formula is C22H19F5N4O2. The molecule has 2 aromatic heterocycles. The number of likely N-dealkylation sites (tertiary alicyclic amines) is 1. The number of hydrogen-bond donors (Lipinski definition) is 0. The topological polar surface area (TPSA) is 59.6 Å². The van der Waals surface area contributed by atoms with Gasteiger partial charge in [-0.25, -0.2) is 13.8 Å². The van der Waals surface area contributed by atoms with Crippen molar-refractivity contribution in [3.05, 3.63) is 58.2 Å². The zero-order valence-corrected chi connectivity index (χ0v) is 17.5. The zero-order chi connectivity index (χ0) is 23.7. The highest BCUT2D eigenvalue weighted by Gasteiger charge is 2.41. The molecule has 1 aliphatic carbocycles. The Labute approximate surface area is 184 Å². The van der Waals surface area contributed by atoms with E-state index in [-0.39, 0.29) is 42.3 Å². The van der Waals surface area contributed by atoms with Crippen LogP contribution in [0.25, 0.3) is 16.8 Å². The number of fused-ring (bicyclic) bond motifs is 1. The van der Waals surface area contributed by atoms with Crippen molar-refractivity contribution >= 4 is 11.4 Å². The van der Waals surface area contributed by atoms with Crippen LogP contribution in [0.5, 0.6) is 0 Å². The Balaban J connectivity index is 1.60. The molecule has 0 bridgehead atoms. The van der Waals surface area contributed by atoms with E-state index in [1.165, 1.54) is 28.6 Å². The van der Waals surface area contributed by atoms with Gasteiger partial charge in [0.05, 0.1) is 18.7 Å². The van der Waals surface area contributed by atoms with Gasteiger partial charge in [0.15, 0.2) is 0 Å². The second-order valence-electron chi connectivity index (χ2n) is 8.90. The van der Waals surface area contributed by atoms with Gasteiger partial charge in [0, 0.05) is 23.9 Å². The molecule has 1 aromatic carbocycles. The van der Waals surface area contributed by atoms with Crippen molar-refractivity contribution in [3.8, 4) is 11.3 Å². The Morgan fingerprint density at radius 3 is 2.52 bits per heavy atom. The molecule has 0 N–H and O–H groups in total. The van der Waals surface area contributed by atoms with Gasteiger partial charge in [-0.2, -0.15) is 13.2 Å². The number of hydrogen-bond acceptors (Lipinski definition) is 3. The Bertz CT molecular complexity index is 1330. The lowest BCUT2D eigenvalue weighted by molar-refractivity contribution is -0.144. The number of imidazole rings is 1. The predicted molar refractivity (Wildman–Crippen MR) is 108 cm³/mol. The van der Waals surface area contributed by atoms with E-state index < -0.39 is 34.7 Å². The lowest BCUT2D eigenvalue weighted by Gasteiger charge is -2.42. The van der Waals surface area contributed by atoms with E-state index in [1.807, 2.05) is 0 Å². The van der Waals surface area contributed by atoms with Crippen LogP contribution in [0.2, 0.25) is 0 Å². The molecule has 5 rings (SSSR count). The summed E-state index contributed by atoms with van der Waals surface area (Å²) >= 11 is 0. The molecule has 0 spiro atoms. The lowest BCUT2D eigenvalue weighted by Crippen LogP contribution is -2.60. The summed E-state index contributed by atoms with van der Waals surface area (Å²) in [5, 5.41) is 0. The van der Waals surface area contributed by atoms with Crippen molar-refractivity contribution in [1.29, 1.82) is 0 Å². The molecule has 1 amide bonds. The standard InChI is InChI=1S/C22H19F5N4O2/c1-21(24)10-30(11-21)16(32)9-29-6-7-31-18(20(29)33)17(28-19(31)12-2-3-12)13-4-5-15(23)14(8-13)22(25,26)27/h4-8,12H,2-3,9-11H2,1H3. The number of nitrogens with zero attached hydrogens (tertiary/aromatic N) is 4. The van der Waals surface area contributed by atoms with Crippen molar-refractivity contribution in [2.45, 2.75) is 44.1 Å². The van der Waals surface area contributed by atoms with Crippen molar-refractivity contribution in [2.75, 3.05) is 13.1 Å². The highest BCUT2D eigenvalue weighted by Crippen LogP contribution is 2.41. The SMILES string of the molecule is CC1(F)CN(C(=O)Cn2ccn3c(C4CC4)nc(-c4ccc(F)c(C(F)(F)F)c4)c3c2=O)C1. The summed E-state index contributed by atoms with van der Waals surface area (Å²) in [6.45, 7) is 0.904. The smallest absolute Gasteiger partial charge is 0.335 e. The summed E-state index contributed by atoms with van der Waals surface area (Å²) < 4.78 is 70.0. The van der Waals surface area contributed by atoms with Gasteiger partial charge >= 0.3 is 6.18 Å². The lowest BCUT2D eigenvalue weighted by atomic mass is 9.99. The van der Waals surface area contributed by atoms with E-state index in [0.29, 0.717) is 18.0 Å². The van der Waals surface area contributed by atoms with E-state index in [1.54, 1.807) is 0 Å². The van der Waals surface area contributed by atoms with Crippen molar-refractivity contribution in [1.82, 2.24) is 18.9 Å². The van der Waals surface area contributed by atoms with Crippen molar-refractivity contribution < 1.29 is 26.7 Å². The first-order chi connectivity index (χ1) is 15.4. The van der Waals surface area contributed by atoms with E-state index in [0.717, 1.165) is 23.5 Å². The van der Waals surface area contributed by atoms with Gasteiger partial charge in [-0.3, -0.25) is 14.0 Å². The minimum absolute atomic E-state index is 0.00511. The Morgan fingerprint density at radius 1 is 1.21 bits per heavy atom. The van der Waals surface area contributed by atoms with Crippen LogP contribution in [0.1, 0.15) is 37.1 Å². The van der Waals surface area contributed by atoms with Crippen LogP contribution in [-0.2, 0) is 17.5 Å². The molecule has 2 aliphatic rings. The first-order valence-electron chi connectivity index (χ1n) is 10.4. The molecule has 3 heterocycles. The molecule has 11 heteroatoms. The van der Waals surface area contributed by atoms with Gasteiger partial charge in [0.25, 0.3) is 5.56 Å². The molecule has 0 unspecified atom stereocenters. The third-order valence-electron chi connectivity index (χ3n) is 5.98. The quantitative estimate of drug-likeness (QED) is 0.550. The summed E-state index contributed by atoms with van der Waals surface area (Å²) in [5.74, 6) is -1.27.